The molecular formula is C19H23NO. The van der Waals surface area contributed by atoms with Crippen molar-refractivity contribution < 1.29 is 4.79 Å². The average Bonchev–Trinajstić information content (AvgIpc) is 2.44. The molecule has 2 heteroatoms. The minimum atomic E-state index is 0.00558. The van der Waals surface area contributed by atoms with Gasteiger partial charge in [0.2, 0.25) is 5.91 Å². The quantitative estimate of drug-likeness (QED) is 0.858. The molecule has 0 aliphatic rings. The highest BCUT2D eigenvalue weighted by molar-refractivity contribution is 5.92. The van der Waals surface area contributed by atoms with Gasteiger partial charge in [-0.25, -0.2) is 0 Å². The van der Waals surface area contributed by atoms with Gasteiger partial charge in [-0.05, 0) is 55.5 Å². The van der Waals surface area contributed by atoms with E-state index in [1.807, 2.05) is 51.1 Å². The standard InChI is InChI=1S/C19H23NO/c1-14-11-15(2)13-18(12-14)20-19(21)16(3)9-10-17-7-5-4-6-8-17/h4-8,11-13,16H,9-10H2,1-3H3,(H,20,21)/t16-/m1/s1. The Morgan fingerprint density at radius 2 is 1.67 bits per heavy atom. The van der Waals surface area contributed by atoms with Crippen LogP contribution in [0.25, 0.3) is 0 Å². The molecule has 0 unspecified atom stereocenters. The first-order valence-corrected chi connectivity index (χ1v) is 7.47. The molecule has 1 amide bonds. The van der Waals surface area contributed by atoms with E-state index in [4.69, 9.17) is 0 Å². The van der Waals surface area contributed by atoms with E-state index in [1.54, 1.807) is 0 Å². The van der Waals surface area contributed by atoms with Crippen LogP contribution in [-0.4, -0.2) is 5.91 Å². The fraction of sp³-hybridized carbons (Fsp3) is 0.316. The molecule has 0 saturated carbocycles. The number of rotatable bonds is 5. The SMILES string of the molecule is Cc1cc(C)cc(NC(=O)[C@H](C)CCc2ccccc2)c1. The number of amides is 1. The summed E-state index contributed by atoms with van der Waals surface area (Å²) in [6.45, 7) is 6.07. The number of aryl methyl sites for hydroxylation is 3. The summed E-state index contributed by atoms with van der Waals surface area (Å²) in [7, 11) is 0. The highest BCUT2D eigenvalue weighted by Gasteiger charge is 2.13. The van der Waals surface area contributed by atoms with Crippen LogP contribution in [0.3, 0.4) is 0 Å². The van der Waals surface area contributed by atoms with Crippen LogP contribution >= 0.6 is 0 Å². The second-order valence-corrected chi connectivity index (χ2v) is 5.79. The highest BCUT2D eigenvalue weighted by Crippen LogP contribution is 2.16. The van der Waals surface area contributed by atoms with Crippen LogP contribution in [0.5, 0.6) is 0 Å². The number of nitrogens with one attached hydrogen (secondary N) is 1. The molecular weight excluding hydrogens is 258 g/mol. The van der Waals surface area contributed by atoms with Crippen LogP contribution in [-0.2, 0) is 11.2 Å². The van der Waals surface area contributed by atoms with Gasteiger partial charge in [0.05, 0.1) is 0 Å². The molecule has 21 heavy (non-hydrogen) atoms. The van der Waals surface area contributed by atoms with Gasteiger partial charge in [0.25, 0.3) is 0 Å². The summed E-state index contributed by atoms with van der Waals surface area (Å²) in [5.41, 5.74) is 4.51. The first kappa shape index (κ1) is 15.3. The zero-order chi connectivity index (χ0) is 15.2. The van der Waals surface area contributed by atoms with Gasteiger partial charge >= 0.3 is 0 Å². The molecule has 0 heterocycles. The fourth-order valence-corrected chi connectivity index (χ4v) is 2.47. The van der Waals surface area contributed by atoms with Gasteiger partial charge in [0.1, 0.15) is 0 Å². The predicted molar refractivity (Wildman–Crippen MR) is 88.5 cm³/mol. The van der Waals surface area contributed by atoms with Crippen molar-refractivity contribution in [2.75, 3.05) is 5.32 Å². The van der Waals surface area contributed by atoms with Crippen LogP contribution in [0.1, 0.15) is 30.0 Å². The molecule has 2 rings (SSSR count). The number of anilines is 1. The third kappa shape index (κ3) is 4.75. The maximum atomic E-state index is 12.2. The summed E-state index contributed by atoms with van der Waals surface area (Å²) in [6.07, 6.45) is 1.79. The van der Waals surface area contributed by atoms with E-state index >= 15 is 0 Å². The second-order valence-electron chi connectivity index (χ2n) is 5.79. The third-order valence-electron chi connectivity index (χ3n) is 3.65. The summed E-state index contributed by atoms with van der Waals surface area (Å²) < 4.78 is 0. The minimum absolute atomic E-state index is 0.00558. The maximum Gasteiger partial charge on any atom is 0.227 e. The van der Waals surface area contributed by atoms with Gasteiger partial charge in [-0.3, -0.25) is 4.79 Å². The predicted octanol–water partition coefficient (Wildman–Crippen LogP) is 4.51. The molecule has 2 aromatic carbocycles. The van der Waals surface area contributed by atoms with Crippen molar-refractivity contribution in [1.82, 2.24) is 0 Å². The van der Waals surface area contributed by atoms with Crippen LogP contribution < -0.4 is 5.32 Å². The lowest BCUT2D eigenvalue weighted by atomic mass is 10.00. The minimum Gasteiger partial charge on any atom is -0.326 e. The van der Waals surface area contributed by atoms with Gasteiger partial charge in [0.15, 0.2) is 0 Å². The Labute approximate surface area is 127 Å². The summed E-state index contributed by atoms with van der Waals surface area (Å²) in [4.78, 5) is 12.2. The van der Waals surface area contributed by atoms with Crippen LogP contribution in [0, 0.1) is 19.8 Å². The zero-order valence-corrected chi connectivity index (χ0v) is 13.0. The first-order chi connectivity index (χ1) is 10.0. The molecule has 0 aromatic heterocycles. The Bertz CT molecular complexity index is 584. The number of carbonyl (C=O) groups is 1. The van der Waals surface area contributed by atoms with Gasteiger partial charge in [-0.15, -0.1) is 0 Å². The average molecular weight is 281 g/mol. The Kier molecular flexibility index (Phi) is 5.15. The lowest BCUT2D eigenvalue weighted by Gasteiger charge is -2.13. The first-order valence-electron chi connectivity index (χ1n) is 7.47. The Morgan fingerprint density at radius 1 is 1.05 bits per heavy atom. The van der Waals surface area contributed by atoms with Crippen LogP contribution in [0.4, 0.5) is 5.69 Å². The maximum absolute atomic E-state index is 12.2. The van der Waals surface area contributed by atoms with E-state index in [-0.39, 0.29) is 11.8 Å². The number of carbonyl (C=O) groups excluding carboxylic acids is 1. The van der Waals surface area contributed by atoms with Gasteiger partial charge in [-0.1, -0.05) is 43.3 Å². The number of hydrogen-bond acceptors (Lipinski definition) is 1. The third-order valence-corrected chi connectivity index (χ3v) is 3.65. The molecule has 0 aliphatic heterocycles. The summed E-state index contributed by atoms with van der Waals surface area (Å²) >= 11 is 0. The van der Waals surface area contributed by atoms with Crippen molar-refractivity contribution in [3.63, 3.8) is 0 Å². The smallest absolute Gasteiger partial charge is 0.227 e. The monoisotopic (exact) mass is 281 g/mol. The Morgan fingerprint density at radius 3 is 2.29 bits per heavy atom. The van der Waals surface area contributed by atoms with Crippen molar-refractivity contribution in [2.24, 2.45) is 5.92 Å². The van der Waals surface area contributed by atoms with E-state index in [2.05, 4.69) is 23.5 Å². The van der Waals surface area contributed by atoms with E-state index in [9.17, 15) is 4.79 Å². The summed E-state index contributed by atoms with van der Waals surface area (Å²) in [6, 6.07) is 16.4. The molecule has 0 fully saturated rings. The van der Waals surface area contributed by atoms with Crippen molar-refractivity contribution in [1.29, 1.82) is 0 Å². The molecule has 0 aliphatic carbocycles. The van der Waals surface area contributed by atoms with Crippen molar-refractivity contribution >= 4 is 11.6 Å². The molecule has 2 nitrogen and oxygen atoms in total. The molecule has 0 radical (unpaired) electrons. The second kappa shape index (κ2) is 7.07. The van der Waals surface area contributed by atoms with Crippen molar-refractivity contribution in [3.05, 3.63) is 65.2 Å². The lowest BCUT2D eigenvalue weighted by Crippen LogP contribution is -2.21. The fourth-order valence-electron chi connectivity index (χ4n) is 2.47. The van der Waals surface area contributed by atoms with E-state index in [1.165, 1.54) is 16.7 Å². The molecule has 0 spiro atoms. The van der Waals surface area contributed by atoms with E-state index in [0.29, 0.717) is 0 Å². The summed E-state index contributed by atoms with van der Waals surface area (Å²) in [5, 5.41) is 3.02. The number of hydrogen-bond donors (Lipinski definition) is 1. The molecule has 1 N–H and O–H groups in total. The molecule has 0 saturated heterocycles. The normalized spacial score (nSPS) is 12.0. The highest BCUT2D eigenvalue weighted by atomic mass is 16.1. The van der Waals surface area contributed by atoms with E-state index in [0.717, 1.165) is 18.5 Å². The zero-order valence-electron chi connectivity index (χ0n) is 13.0. The Hall–Kier alpha value is -2.09. The van der Waals surface area contributed by atoms with Crippen molar-refractivity contribution in [3.8, 4) is 0 Å². The molecule has 2 aromatic rings. The van der Waals surface area contributed by atoms with Gasteiger partial charge in [0, 0.05) is 11.6 Å². The Balaban J connectivity index is 1.90. The van der Waals surface area contributed by atoms with Gasteiger partial charge < -0.3 is 5.32 Å². The molecule has 110 valence electrons. The van der Waals surface area contributed by atoms with Crippen LogP contribution in [0.2, 0.25) is 0 Å². The lowest BCUT2D eigenvalue weighted by molar-refractivity contribution is -0.119. The summed E-state index contributed by atoms with van der Waals surface area (Å²) in [5.74, 6) is 0.0990. The molecule has 1 atom stereocenters. The van der Waals surface area contributed by atoms with Crippen molar-refractivity contribution in [2.45, 2.75) is 33.6 Å². The largest absolute Gasteiger partial charge is 0.326 e. The molecule has 0 bridgehead atoms. The number of benzene rings is 2. The topological polar surface area (TPSA) is 29.1 Å². The van der Waals surface area contributed by atoms with E-state index < -0.39 is 0 Å². The van der Waals surface area contributed by atoms with Gasteiger partial charge in [-0.2, -0.15) is 0 Å². The van der Waals surface area contributed by atoms with Crippen LogP contribution in [0.15, 0.2) is 48.5 Å².